The first-order chi connectivity index (χ1) is 19.6. The van der Waals surface area contributed by atoms with E-state index >= 15 is 0 Å². The second kappa shape index (κ2) is 11.2. The number of pyridine rings is 1. The molecule has 0 unspecified atom stereocenters. The minimum Gasteiger partial charge on any atom is -0.406 e. The zero-order valence-corrected chi connectivity index (χ0v) is 22.2. The Labute approximate surface area is 235 Å². The third kappa shape index (κ3) is 6.56. The van der Waals surface area contributed by atoms with Crippen LogP contribution in [0.1, 0.15) is 24.3 Å². The fourth-order valence-electron chi connectivity index (χ4n) is 4.17. The van der Waals surface area contributed by atoms with E-state index < -0.39 is 64.7 Å². The Hall–Kier alpha value is -4.82. The maximum atomic E-state index is 14.2. The highest BCUT2D eigenvalue weighted by molar-refractivity contribution is 6.05. The van der Waals surface area contributed by atoms with E-state index in [2.05, 4.69) is 20.4 Å². The molecule has 222 valence electrons. The quantitative estimate of drug-likeness (QED) is 0.327. The van der Waals surface area contributed by atoms with E-state index in [1.165, 1.54) is 44.0 Å². The number of aromatic nitrogens is 1. The van der Waals surface area contributed by atoms with Crippen molar-refractivity contribution >= 4 is 34.8 Å². The normalized spacial score (nSPS) is 15.5. The van der Waals surface area contributed by atoms with E-state index in [9.17, 15) is 40.7 Å². The van der Waals surface area contributed by atoms with Gasteiger partial charge >= 0.3 is 6.36 Å². The lowest BCUT2D eigenvalue weighted by atomic mass is 10.0. The molecule has 4 rings (SSSR count). The van der Waals surface area contributed by atoms with Crippen molar-refractivity contribution in [3.63, 3.8) is 0 Å². The highest BCUT2D eigenvalue weighted by Gasteiger charge is 2.38. The Balaban J connectivity index is 1.61. The molecule has 3 amide bonds. The Bertz CT molecular complexity index is 1530. The molecule has 15 heteroatoms. The summed E-state index contributed by atoms with van der Waals surface area (Å²) in [5.41, 5.74) is -1.48. The Morgan fingerprint density at radius 3 is 2.26 bits per heavy atom. The zero-order chi connectivity index (χ0) is 31.0. The lowest BCUT2D eigenvalue weighted by Gasteiger charge is -2.30. The van der Waals surface area contributed by atoms with Crippen LogP contribution in [-0.2, 0) is 9.59 Å². The van der Waals surface area contributed by atoms with Gasteiger partial charge in [0.2, 0.25) is 11.9 Å². The van der Waals surface area contributed by atoms with Crippen molar-refractivity contribution in [3.8, 4) is 5.75 Å². The summed E-state index contributed by atoms with van der Waals surface area (Å²) < 4.78 is 82.7. The van der Waals surface area contributed by atoms with Crippen molar-refractivity contribution in [2.24, 2.45) is 0 Å². The highest BCUT2D eigenvalue weighted by atomic mass is 19.4. The first-order valence-corrected chi connectivity index (χ1v) is 12.2. The standard InChI is InChI=1S/C27H23F6N5O4/c1-26(2,36-23(39)18-10-9-17(29)22(30)34-18)25(41)35-19-13-38(15-5-7-16(8-6-15)42-27(31,32)33)20-11-4-14(28)12-21(20)37(3)24(19)40/h4-12,19H,13H2,1-3H3,(H,35,41)(H,36,39)/t19-/m1/s1. The van der Waals surface area contributed by atoms with Crippen LogP contribution in [0.25, 0.3) is 0 Å². The Morgan fingerprint density at radius 2 is 1.64 bits per heavy atom. The van der Waals surface area contributed by atoms with Crippen LogP contribution < -0.4 is 25.2 Å². The average Bonchev–Trinajstić information content (AvgIpc) is 3.00. The number of amides is 3. The highest BCUT2D eigenvalue weighted by Crippen LogP contribution is 2.38. The molecule has 1 atom stereocenters. The van der Waals surface area contributed by atoms with Gasteiger partial charge in [-0.2, -0.15) is 4.39 Å². The maximum Gasteiger partial charge on any atom is 0.573 e. The molecule has 1 aromatic heterocycles. The summed E-state index contributed by atoms with van der Waals surface area (Å²) in [5.74, 6) is -6.45. The lowest BCUT2D eigenvalue weighted by Crippen LogP contribution is -2.60. The molecule has 0 bridgehead atoms. The van der Waals surface area contributed by atoms with Gasteiger partial charge in [0.15, 0.2) is 5.82 Å². The number of carbonyl (C=O) groups is 3. The van der Waals surface area contributed by atoms with E-state index in [0.717, 1.165) is 35.2 Å². The number of hydrogen-bond donors (Lipinski definition) is 2. The van der Waals surface area contributed by atoms with E-state index in [-0.39, 0.29) is 17.9 Å². The fourth-order valence-corrected chi connectivity index (χ4v) is 4.17. The Morgan fingerprint density at radius 1 is 0.976 bits per heavy atom. The third-order valence-electron chi connectivity index (χ3n) is 6.30. The predicted octanol–water partition coefficient (Wildman–Crippen LogP) is 4.21. The molecule has 0 saturated heterocycles. The molecule has 42 heavy (non-hydrogen) atoms. The van der Waals surface area contributed by atoms with Gasteiger partial charge in [-0.15, -0.1) is 13.2 Å². The smallest absolute Gasteiger partial charge is 0.406 e. The largest absolute Gasteiger partial charge is 0.573 e. The number of rotatable bonds is 6. The second-order valence-electron chi connectivity index (χ2n) is 9.76. The number of nitrogens with zero attached hydrogens (tertiary/aromatic N) is 3. The molecule has 2 N–H and O–H groups in total. The third-order valence-corrected chi connectivity index (χ3v) is 6.30. The molecule has 1 aliphatic rings. The number of hydrogen-bond acceptors (Lipinski definition) is 6. The van der Waals surface area contributed by atoms with Crippen molar-refractivity contribution in [1.82, 2.24) is 15.6 Å². The van der Waals surface area contributed by atoms with Gasteiger partial charge in [0.05, 0.1) is 17.9 Å². The van der Waals surface area contributed by atoms with Gasteiger partial charge in [-0.25, -0.2) is 13.8 Å². The van der Waals surface area contributed by atoms with Crippen LogP contribution in [0.5, 0.6) is 5.75 Å². The first kappa shape index (κ1) is 30.1. The number of likely N-dealkylation sites (N-methyl/N-ethyl adjacent to an activating group) is 1. The summed E-state index contributed by atoms with van der Waals surface area (Å²) in [6.45, 7) is 2.35. The number of alkyl halides is 3. The second-order valence-corrected chi connectivity index (χ2v) is 9.76. The van der Waals surface area contributed by atoms with Crippen molar-refractivity contribution < 1.29 is 45.5 Å². The fraction of sp³-hybridized carbons (Fsp3) is 0.259. The molecule has 2 heterocycles. The molecule has 2 aromatic carbocycles. The van der Waals surface area contributed by atoms with Crippen LogP contribution >= 0.6 is 0 Å². The van der Waals surface area contributed by atoms with Gasteiger partial charge in [-0.05, 0) is 68.4 Å². The number of fused-ring (bicyclic) bond motifs is 1. The molecule has 0 radical (unpaired) electrons. The van der Waals surface area contributed by atoms with Crippen molar-refractivity contribution in [3.05, 3.63) is 77.9 Å². The molecule has 0 fully saturated rings. The molecular formula is C27H23F6N5O4. The number of nitrogens with one attached hydrogen (secondary N) is 2. The van der Waals surface area contributed by atoms with Crippen LogP contribution in [0.15, 0.2) is 54.6 Å². The van der Waals surface area contributed by atoms with E-state index in [1.807, 2.05) is 0 Å². The molecule has 1 aliphatic heterocycles. The predicted molar refractivity (Wildman–Crippen MR) is 138 cm³/mol. The zero-order valence-electron chi connectivity index (χ0n) is 22.2. The SMILES string of the molecule is CN1C(=O)[C@H](NC(=O)C(C)(C)NC(=O)c2ccc(F)c(F)n2)CN(c2ccc(OC(F)(F)F)cc2)c2ccc(F)cc21. The first-order valence-electron chi connectivity index (χ1n) is 12.2. The summed E-state index contributed by atoms with van der Waals surface area (Å²) in [7, 11) is 1.35. The van der Waals surface area contributed by atoms with Gasteiger partial charge in [0.1, 0.15) is 28.8 Å². The molecule has 0 saturated carbocycles. The topological polar surface area (TPSA) is 104 Å². The number of halogens is 6. The molecule has 0 aliphatic carbocycles. The molecule has 9 nitrogen and oxygen atoms in total. The minimum absolute atomic E-state index is 0.115. The van der Waals surface area contributed by atoms with Crippen LogP contribution in [0.3, 0.4) is 0 Å². The summed E-state index contributed by atoms with van der Waals surface area (Å²) in [5, 5.41) is 4.89. The van der Waals surface area contributed by atoms with Crippen LogP contribution in [0.2, 0.25) is 0 Å². The van der Waals surface area contributed by atoms with Crippen LogP contribution in [0, 0.1) is 17.6 Å². The summed E-state index contributed by atoms with van der Waals surface area (Å²) in [4.78, 5) is 45.1. The number of benzene rings is 2. The maximum absolute atomic E-state index is 14.2. The van der Waals surface area contributed by atoms with Crippen molar-refractivity contribution in [1.29, 1.82) is 0 Å². The number of carbonyl (C=O) groups excluding carboxylic acids is 3. The van der Waals surface area contributed by atoms with Gasteiger partial charge < -0.3 is 25.2 Å². The van der Waals surface area contributed by atoms with E-state index in [4.69, 9.17) is 0 Å². The monoisotopic (exact) mass is 595 g/mol. The van der Waals surface area contributed by atoms with Crippen LogP contribution in [0.4, 0.5) is 43.4 Å². The van der Waals surface area contributed by atoms with Crippen LogP contribution in [-0.4, -0.2) is 54.2 Å². The average molecular weight is 596 g/mol. The summed E-state index contributed by atoms with van der Waals surface area (Å²) >= 11 is 0. The van der Waals surface area contributed by atoms with Gasteiger partial charge in [0.25, 0.3) is 11.8 Å². The van der Waals surface area contributed by atoms with Gasteiger partial charge in [-0.1, -0.05) is 0 Å². The molecule has 0 spiro atoms. The molecular weight excluding hydrogens is 572 g/mol. The number of anilines is 3. The van der Waals surface area contributed by atoms with Gasteiger partial charge in [0, 0.05) is 12.7 Å². The molecule has 3 aromatic rings. The Kier molecular flexibility index (Phi) is 8.05. The van der Waals surface area contributed by atoms with Gasteiger partial charge in [-0.3, -0.25) is 14.4 Å². The van der Waals surface area contributed by atoms with Crippen molar-refractivity contribution in [2.75, 3.05) is 23.4 Å². The minimum atomic E-state index is -4.91. The number of ether oxygens (including phenoxy) is 1. The van der Waals surface area contributed by atoms with Crippen molar-refractivity contribution in [2.45, 2.75) is 31.8 Å². The lowest BCUT2D eigenvalue weighted by molar-refractivity contribution is -0.274. The van der Waals surface area contributed by atoms with E-state index in [1.54, 1.807) is 0 Å². The van der Waals surface area contributed by atoms with E-state index in [0.29, 0.717) is 11.8 Å². The summed E-state index contributed by atoms with van der Waals surface area (Å²) in [6.07, 6.45) is -4.91. The summed E-state index contributed by atoms with van der Waals surface area (Å²) in [6, 6.07) is 8.61.